The Bertz CT molecular complexity index is 928. The Kier molecular flexibility index (Phi) is 4.56. The normalized spacial score (nSPS) is 12.0. The van der Waals surface area contributed by atoms with Gasteiger partial charge in [-0.2, -0.15) is 18.3 Å². The number of hydrogen-bond donors (Lipinski definition) is 2. The van der Waals surface area contributed by atoms with Crippen molar-refractivity contribution in [1.29, 1.82) is 0 Å². The Morgan fingerprint density at radius 3 is 2.76 bits per heavy atom. The first-order valence-electron chi connectivity index (χ1n) is 7.47. The largest absolute Gasteiger partial charge is 0.416 e. The summed E-state index contributed by atoms with van der Waals surface area (Å²) in [6, 6.07) is 12.3. The lowest BCUT2D eigenvalue weighted by Crippen LogP contribution is -2.20. The van der Waals surface area contributed by atoms with Crippen molar-refractivity contribution in [2.24, 2.45) is 5.10 Å². The van der Waals surface area contributed by atoms with Crippen LogP contribution >= 0.6 is 0 Å². The van der Waals surface area contributed by atoms with Crippen molar-refractivity contribution in [3.63, 3.8) is 0 Å². The van der Waals surface area contributed by atoms with Crippen molar-refractivity contribution in [3.05, 3.63) is 71.4 Å². The van der Waals surface area contributed by atoms with Crippen LogP contribution in [0.3, 0.4) is 0 Å². The minimum absolute atomic E-state index is 0.185. The quantitative estimate of drug-likeness (QED) is 0.547. The Balaban J connectivity index is 1.63. The van der Waals surface area contributed by atoms with Gasteiger partial charge in [-0.1, -0.05) is 36.4 Å². The predicted octanol–water partition coefficient (Wildman–Crippen LogP) is 3.88. The number of benzene rings is 2. The molecule has 3 rings (SSSR count). The lowest BCUT2D eigenvalue weighted by atomic mass is 10.1. The van der Waals surface area contributed by atoms with Gasteiger partial charge in [0.1, 0.15) is 0 Å². The number of nitrogens with one attached hydrogen (secondary N) is 2. The maximum atomic E-state index is 12.7. The van der Waals surface area contributed by atoms with Crippen LogP contribution in [-0.4, -0.2) is 17.1 Å². The van der Waals surface area contributed by atoms with Gasteiger partial charge in [0.15, 0.2) is 0 Å². The number of nitrogens with zero attached hydrogens (tertiary/aromatic N) is 1. The summed E-state index contributed by atoms with van der Waals surface area (Å²) in [6.07, 6.45) is -1.37. The van der Waals surface area contributed by atoms with E-state index >= 15 is 0 Å². The highest BCUT2D eigenvalue weighted by Crippen LogP contribution is 2.29. The number of amides is 1. The van der Waals surface area contributed by atoms with E-state index in [0.717, 1.165) is 28.6 Å². The third kappa shape index (κ3) is 4.06. The molecule has 1 aromatic heterocycles. The van der Waals surface area contributed by atoms with Crippen molar-refractivity contribution in [2.45, 2.75) is 12.6 Å². The Morgan fingerprint density at radius 2 is 1.96 bits per heavy atom. The van der Waals surface area contributed by atoms with E-state index in [1.165, 1.54) is 18.3 Å². The highest BCUT2D eigenvalue weighted by molar-refractivity contribution is 5.99. The molecule has 2 aromatic carbocycles. The van der Waals surface area contributed by atoms with Crippen LogP contribution < -0.4 is 5.43 Å². The monoisotopic (exact) mass is 345 g/mol. The number of H-pyrrole nitrogens is 1. The highest BCUT2D eigenvalue weighted by Gasteiger charge is 2.30. The molecular formula is C18H14F3N3O. The van der Waals surface area contributed by atoms with Gasteiger partial charge in [0, 0.05) is 22.7 Å². The van der Waals surface area contributed by atoms with Gasteiger partial charge in [-0.3, -0.25) is 4.79 Å². The standard InChI is InChI=1S/C18H14F3N3O/c19-18(20,21)14-5-3-4-12(8-14)9-17(25)24-23-11-13-10-22-16-7-2-1-6-15(13)16/h1-8,10-11,22H,9H2,(H,24,25)/b23-11+. The van der Waals surface area contributed by atoms with Crippen molar-refractivity contribution < 1.29 is 18.0 Å². The molecule has 0 spiro atoms. The Hall–Kier alpha value is -3.09. The Labute approximate surface area is 141 Å². The van der Waals surface area contributed by atoms with Crippen LogP contribution in [0.4, 0.5) is 13.2 Å². The second-order valence-electron chi connectivity index (χ2n) is 5.46. The number of fused-ring (bicyclic) bond motifs is 1. The van der Waals surface area contributed by atoms with E-state index in [-0.39, 0.29) is 12.0 Å². The molecule has 0 aliphatic carbocycles. The number of carbonyl (C=O) groups excluding carboxylic acids is 1. The van der Waals surface area contributed by atoms with Gasteiger partial charge in [0.25, 0.3) is 0 Å². The second kappa shape index (κ2) is 6.80. The zero-order valence-electron chi connectivity index (χ0n) is 13.0. The molecule has 128 valence electrons. The molecule has 1 amide bonds. The van der Waals surface area contributed by atoms with Crippen molar-refractivity contribution in [2.75, 3.05) is 0 Å². The lowest BCUT2D eigenvalue weighted by molar-refractivity contribution is -0.137. The van der Waals surface area contributed by atoms with Crippen LogP contribution in [0.15, 0.2) is 59.8 Å². The van der Waals surface area contributed by atoms with E-state index < -0.39 is 17.6 Å². The fraction of sp³-hybridized carbons (Fsp3) is 0.111. The molecule has 0 aliphatic rings. The van der Waals surface area contributed by atoms with Gasteiger partial charge in [-0.15, -0.1) is 0 Å². The first kappa shape index (κ1) is 16.8. The van der Waals surface area contributed by atoms with Gasteiger partial charge in [-0.05, 0) is 17.7 Å². The first-order chi connectivity index (χ1) is 11.9. The molecular weight excluding hydrogens is 331 g/mol. The van der Waals surface area contributed by atoms with Crippen LogP contribution in [0.2, 0.25) is 0 Å². The number of hydrogen-bond acceptors (Lipinski definition) is 2. The summed E-state index contributed by atoms with van der Waals surface area (Å²) in [5.41, 5.74) is 3.57. The molecule has 7 heteroatoms. The van der Waals surface area contributed by atoms with E-state index in [2.05, 4.69) is 15.5 Å². The van der Waals surface area contributed by atoms with Crippen LogP contribution in [0.25, 0.3) is 10.9 Å². The second-order valence-corrected chi connectivity index (χ2v) is 5.46. The zero-order chi connectivity index (χ0) is 17.9. The lowest BCUT2D eigenvalue weighted by Gasteiger charge is -2.08. The van der Waals surface area contributed by atoms with Gasteiger partial charge >= 0.3 is 6.18 Å². The van der Waals surface area contributed by atoms with Gasteiger partial charge in [0.2, 0.25) is 5.91 Å². The maximum absolute atomic E-state index is 12.7. The molecule has 1 heterocycles. The summed E-state index contributed by atoms with van der Waals surface area (Å²) in [6.45, 7) is 0. The number of rotatable bonds is 4. The van der Waals surface area contributed by atoms with E-state index in [0.29, 0.717) is 0 Å². The maximum Gasteiger partial charge on any atom is 0.416 e. The number of alkyl halides is 3. The minimum Gasteiger partial charge on any atom is -0.361 e. The number of hydrazone groups is 1. The fourth-order valence-corrected chi connectivity index (χ4v) is 2.46. The fourth-order valence-electron chi connectivity index (χ4n) is 2.46. The van der Waals surface area contributed by atoms with E-state index in [1.54, 1.807) is 6.20 Å². The first-order valence-corrected chi connectivity index (χ1v) is 7.47. The van der Waals surface area contributed by atoms with Crippen LogP contribution in [-0.2, 0) is 17.4 Å². The molecule has 0 saturated carbocycles. The molecule has 2 N–H and O–H groups in total. The number of carbonyl (C=O) groups is 1. The number of para-hydroxylation sites is 1. The average molecular weight is 345 g/mol. The van der Waals surface area contributed by atoms with E-state index in [9.17, 15) is 18.0 Å². The van der Waals surface area contributed by atoms with Crippen molar-refractivity contribution in [1.82, 2.24) is 10.4 Å². The van der Waals surface area contributed by atoms with Crippen LogP contribution in [0, 0.1) is 0 Å². The zero-order valence-corrected chi connectivity index (χ0v) is 13.0. The summed E-state index contributed by atoms with van der Waals surface area (Å²) in [4.78, 5) is 14.9. The number of halogens is 3. The molecule has 4 nitrogen and oxygen atoms in total. The molecule has 0 fully saturated rings. The van der Waals surface area contributed by atoms with E-state index in [1.807, 2.05) is 24.3 Å². The van der Waals surface area contributed by atoms with Crippen molar-refractivity contribution >= 4 is 23.0 Å². The smallest absolute Gasteiger partial charge is 0.361 e. The topological polar surface area (TPSA) is 57.2 Å². The van der Waals surface area contributed by atoms with Gasteiger partial charge in [-0.25, -0.2) is 5.43 Å². The van der Waals surface area contributed by atoms with Crippen LogP contribution in [0.1, 0.15) is 16.7 Å². The van der Waals surface area contributed by atoms with Crippen molar-refractivity contribution in [3.8, 4) is 0 Å². The molecule has 0 unspecified atom stereocenters. The predicted molar refractivity (Wildman–Crippen MR) is 89.2 cm³/mol. The molecule has 25 heavy (non-hydrogen) atoms. The number of aromatic nitrogens is 1. The SMILES string of the molecule is O=C(Cc1cccc(C(F)(F)F)c1)N/N=C/c1c[nH]c2ccccc12. The molecule has 0 radical (unpaired) electrons. The molecule has 0 aliphatic heterocycles. The molecule has 0 saturated heterocycles. The molecule has 3 aromatic rings. The summed E-state index contributed by atoms with van der Waals surface area (Å²) in [7, 11) is 0. The van der Waals surface area contributed by atoms with E-state index in [4.69, 9.17) is 0 Å². The minimum atomic E-state index is -4.43. The van der Waals surface area contributed by atoms with Gasteiger partial charge in [0.05, 0.1) is 18.2 Å². The summed E-state index contributed by atoms with van der Waals surface area (Å²) in [5, 5.41) is 4.82. The van der Waals surface area contributed by atoms with Gasteiger partial charge < -0.3 is 4.98 Å². The Morgan fingerprint density at radius 1 is 1.16 bits per heavy atom. The average Bonchev–Trinajstić information content (AvgIpc) is 2.98. The number of aromatic amines is 1. The van der Waals surface area contributed by atoms with Crippen LogP contribution in [0.5, 0.6) is 0 Å². The molecule has 0 atom stereocenters. The third-order valence-corrected chi connectivity index (χ3v) is 3.63. The molecule has 0 bridgehead atoms. The third-order valence-electron chi connectivity index (χ3n) is 3.63. The highest BCUT2D eigenvalue weighted by atomic mass is 19.4. The summed E-state index contributed by atoms with van der Waals surface area (Å²) >= 11 is 0. The summed E-state index contributed by atoms with van der Waals surface area (Å²) in [5.74, 6) is -0.490. The summed E-state index contributed by atoms with van der Waals surface area (Å²) < 4.78 is 38.0.